The van der Waals surface area contributed by atoms with Gasteiger partial charge in [-0.1, -0.05) is 17.7 Å². The zero-order valence-corrected chi connectivity index (χ0v) is 14.6. The second kappa shape index (κ2) is 6.14. The molecule has 0 amide bonds. The predicted molar refractivity (Wildman–Crippen MR) is 100 cm³/mol. The summed E-state index contributed by atoms with van der Waals surface area (Å²) >= 11 is 6.16. The number of phenolic OH excluding ortho intramolecular Hbond substituents is 1. The van der Waals surface area contributed by atoms with Crippen LogP contribution in [0.15, 0.2) is 29.3 Å². The summed E-state index contributed by atoms with van der Waals surface area (Å²) in [6, 6.07) is 7.86. The maximum atomic E-state index is 10.7. The van der Waals surface area contributed by atoms with E-state index >= 15 is 0 Å². The van der Waals surface area contributed by atoms with E-state index in [0.29, 0.717) is 10.8 Å². The highest BCUT2D eigenvalue weighted by Gasteiger charge is 2.27. The lowest BCUT2D eigenvalue weighted by Crippen LogP contribution is -2.34. The molecule has 2 aromatic carbocycles. The van der Waals surface area contributed by atoms with E-state index < -0.39 is 0 Å². The Morgan fingerprint density at radius 1 is 1.17 bits per heavy atom. The normalized spacial score (nSPS) is 16.5. The summed E-state index contributed by atoms with van der Waals surface area (Å²) in [6.45, 7) is 4.19. The zero-order chi connectivity index (χ0) is 16.7. The Morgan fingerprint density at radius 3 is 2.75 bits per heavy atom. The summed E-state index contributed by atoms with van der Waals surface area (Å²) in [5.74, 6) is 0.391. The van der Waals surface area contributed by atoms with Crippen molar-refractivity contribution in [3.63, 3.8) is 0 Å². The molecule has 4 heteroatoms. The monoisotopic (exact) mass is 340 g/mol. The molecule has 3 nitrogen and oxygen atoms in total. The number of rotatable bonds is 2. The standard InChI is InChI=1S/C20H21ClN2O/c1-13-6-7-16(11-18(13)21)22-12-15-10-14-4-2-8-23-9-3-5-17(19(14)23)20(15)24/h6-7,10-12,24H,2-5,8-9H2,1H3. The molecule has 2 aliphatic heterocycles. The van der Waals surface area contributed by atoms with Crippen LogP contribution in [0.4, 0.5) is 11.4 Å². The van der Waals surface area contributed by atoms with Gasteiger partial charge in [-0.2, -0.15) is 0 Å². The Morgan fingerprint density at radius 2 is 1.96 bits per heavy atom. The van der Waals surface area contributed by atoms with Crippen molar-refractivity contribution in [2.75, 3.05) is 18.0 Å². The SMILES string of the molecule is Cc1ccc(N=Cc2cc3c4c(c2O)CCCN4CCC3)cc1Cl. The number of phenols is 1. The molecular formula is C20H21ClN2O. The summed E-state index contributed by atoms with van der Waals surface area (Å²) in [5, 5.41) is 11.4. The van der Waals surface area contributed by atoms with Crippen LogP contribution in [-0.2, 0) is 12.8 Å². The van der Waals surface area contributed by atoms with Crippen LogP contribution in [0.3, 0.4) is 0 Å². The van der Waals surface area contributed by atoms with Crippen molar-refractivity contribution in [1.82, 2.24) is 0 Å². The maximum absolute atomic E-state index is 10.7. The van der Waals surface area contributed by atoms with Gasteiger partial charge in [0.05, 0.1) is 5.69 Å². The van der Waals surface area contributed by atoms with Gasteiger partial charge in [-0.25, -0.2) is 0 Å². The molecule has 0 bridgehead atoms. The fourth-order valence-electron chi connectivity index (χ4n) is 3.77. The second-order valence-electron chi connectivity index (χ2n) is 6.69. The van der Waals surface area contributed by atoms with Crippen molar-refractivity contribution in [3.8, 4) is 5.75 Å². The number of hydrogen-bond donors (Lipinski definition) is 1. The molecule has 0 aliphatic carbocycles. The van der Waals surface area contributed by atoms with E-state index in [9.17, 15) is 5.11 Å². The predicted octanol–water partition coefficient (Wildman–Crippen LogP) is 4.80. The van der Waals surface area contributed by atoms with Gasteiger partial charge in [0.25, 0.3) is 0 Å². The Balaban J connectivity index is 1.73. The Kier molecular flexibility index (Phi) is 3.97. The van der Waals surface area contributed by atoms with E-state index in [-0.39, 0.29) is 0 Å². The van der Waals surface area contributed by atoms with Crippen molar-refractivity contribution in [2.45, 2.75) is 32.6 Å². The third-order valence-electron chi connectivity index (χ3n) is 5.03. The molecule has 0 unspecified atom stereocenters. The van der Waals surface area contributed by atoms with Gasteiger partial charge < -0.3 is 10.0 Å². The molecule has 4 rings (SSSR count). The van der Waals surface area contributed by atoms with E-state index in [1.807, 2.05) is 25.1 Å². The van der Waals surface area contributed by atoms with Crippen LogP contribution >= 0.6 is 11.6 Å². The van der Waals surface area contributed by atoms with E-state index in [1.165, 1.54) is 17.7 Å². The van der Waals surface area contributed by atoms with Crippen LogP contribution in [0.2, 0.25) is 5.02 Å². The van der Waals surface area contributed by atoms with Crippen molar-refractivity contribution in [1.29, 1.82) is 0 Å². The minimum atomic E-state index is 0.391. The van der Waals surface area contributed by atoms with Crippen LogP contribution < -0.4 is 4.90 Å². The van der Waals surface area contributed by atoms with Gasteiger partial charge in [-0.15, -0.1) is 0 Å². The largest absolute Gasteiger partial charge is 0.507 e. The third kappa shape index (κ3) is 2.67. The molecular weight excluding hydrogens is 320 g/mol. The molecule has 2 aliphatic rings. The quantitative estimate of drug-likeness (QED) is 0.797. The number of halogens is 1. The summed E-state index contributed by atoms with van der Waals surface area (Å²) in [6.07, 6.45) is 6.08. The molecule has 1 N–H and O–H groups in total. The molecule has 0 radical (unpaired) electrons. The Labute approximate surface area is 147 Å². The minimum Gasteiger partial charge on any atom is -0.507 e. The average molecular weight is 341 g/mol. The number of benzene rings is 2. The number of aliphatic imine (C=N–C) groups is 1. The first-order valence-corrected chi connectivity index (χ1v) is 8.94. The maximum Gasteiger partial charge on any atom is 0.129 e. The molecule has 0 saturated carbocycles. The average Bonchev–Trinajstić information content (AvgIpc) is 2.60. The van der Waals surface area contributed by atoms with Gasteiger partial charge >= 0.3 is 0 Å². The topological polar surface area (TPSA) is 35.8 Å². The van der Waals surface area contributed by atoms with E-state index in [2.05, 4.69) is 16.0 Å². The molecule has 24 heavy (non-hydrogen) atoms. The molecule has 0 saturated heterocycles. The van der Waals surface area contributed by atoms with Crippen LogP contribution in [-0.4, -0.2) is 24.4 Å². The van der Waals surface area contributed by atoms with E-state index in [1.54, 1.807) is 6.21 Å². The van der Waals surface area contributed by atoms with E-state index in [0.717, 1.165) is 54.7 Å². The molecule has 2 aromatic rings. The van der Waals surface area contributed by atoms with Gasteiger partial charge in [0.2, 0.25) is 0 Å². The smallest absolute Gasteiger partial charge is 0.129 e. The van der Waals surface area contributed by atoms with Gasteiger partial charge in [-0.3, -0.25) is 4.99 Å². The summed E-state index contributed by atoms with van der Waals surface area (Å²) < 4.78 is 0. The number of aryl methyl sites for hydroxylation is 2. The fourth-order valence-corrected chi connectivity index (χ4v) is 3.95. The Bertz CT molecular complexity index is 827. The van der Waals surface area contributed by atoms with Crippen molar-refractivity contribution in [2.24, 2.45) is 4.99 Å². The molecule has 124 valence electrons. The number of nitrogens with zero attached hydrogens (tertiary/aromatic N) is 2. The highest BCUT2D eigenvalue weighted by atomic mass is 35.5. The second-order valence-corrected chi connectivity index (χ2v) is 7.09. The third-order valence-corrected chi connectivity index (χ3v) is 5.44. The van der Waals surface area contributed by atoms with Gasteiger partial charge in [0, 0.05) is 41.1 Å². The van der Waals surface area contributed by atoms with Crippen LogP contribution in [0.1, 0.15) is 35.1 Å². The van der Waals surface area contributed by atoms with Crippen LogP contribution in [0.5, 0.6) is 5.75 Å². The molecule has 0 fully saturated rings. The van der Waals surface area contributed by atoms with Crippen molar-refractivity contribution in [3.05, 3.63) is 51.5 Å². The zero-order valence-electron chi connectivity index (χ0n) is 13.8. The highest BCUT2D eigenvalue weighted by molar-refractivity contribution is 6.31. The summed E-state index contributed by atoms with van der Waals surface area (Å²) in [5.41, 5.74) is 6.37. The van der Waals surface area contributed by atoms with Crippen molar-refractivity contribution >= 4 is 29.2 Å². The van der Waals surface area contributed by atoms with Crippen LogP contribution in [0, 0.1) is 6.92 Å². The first-order chi connectivity index (χ1) is 11.6. The van der Waals surface area contributed by atoms with E-state index in [4.69, 9.17) is 11.6 Å². The first-order valence-electron chi connectivity index (χ1n) is 8.56. The fraction of sp³-hybridized carbons (Fsp3) is 0.350. The molecule has 0 aromatic heterocycles. The lowest BCUT2D eigenvalue weighted by Gasteiger charge is -2.37. The molecule has 2 heterocycles. The lowest BCUT2D eigenvalue weighted by atomic mass is 9.89. The number of anilines is 1. The summed E-state index contributed by atoms with van der Waals surface area (Å²) in [4.78, 5) is 6.95. The molecule has 0 spiro atoms. The van der Waals surface area contributed by atoms with Gasteiger partial charge in [0.1, 0.15) is 5.75 Å². The first kappa shape index (κ1) is 15.5. The lowest BCUT2D eigenvalue weighted by molar-refractivity contribution is 0.461. The van der Waals surface area contributed by atoms with Gasteiger partial charge in [-0.05, 0) is 61.9 Å². The highest BCUT2D eigenvalue weighted by Crippen LogP contribution is 2.41. The van der Waals surface area contributed by atoms with Crippen molar-refractivity contribution < 1.29 is 5.11 Å². The number of aromatic hydroxyl groups is 1. The minimum absolute atomic E-state index is 0.391. The number of hydrogen-bond acceptors (Lipinski definition) is 3. The molecule has 0 atom stereocenters. The van der Waals surface area contributed by atoms with Gasteiger partial charge in [0.15, 0.2) is 0 Å². The summed E-state index contributed by atoms with van der Waals surface area (Å²) in [7, 11) is 0. The Hall–Kier alpha value is -2.00. The van der Waals surface area contributed by atoms with Crippen LogP contribution in [0.25, 0.3) is 0 Å².